The molecule has 0 saturated heterocycles. The molecule has 0 fully saturated rings. The first-order chi connectivity index (χ1) is 7.74. The number of nitriles is 1. The van der Waals surface area contributed by atoms with Crippen LogP contribution in [0.1, 0.15) is 4.88 Å². The Morgan fingerprint density at radius 3 is 2.47 bits per heavy atom. The number of nitrogens with zero attached hydrogens (tertiary/aromatic N) is 1. The minimum Gasteiger partial charge on any atom is -0.224 e. The third-order valence-corrected chi connectivity index (χ3v) is 5.26. The summed E-state index contributed by atoms with van der Waals surface area (Å²) in [6, 6.07) is 4.27. The smallest absolute Gasteiger partial charge is 0.224 e. The molecule has 0 spiro atoms. The zero-order chi connectivity index (χ0) is 13.1. The first-order valence-corrected chi connectivity index (χ1v) is 8.22. The molecule has 0 aliphatic rings. The summed E-state index contributed by atoms with van der Waals surface area (Å²) >= 11 is 0.876. The van der Waals surface area contributed by atoms with Crippen molar-refractivity contribution < 1.29 is 16.8 Å². The number of sulfonamides is 2. The monoisotopic (exact) mass is 295 g/mol. The maximum atomic E-state index is 11.1. The van der Waals surface area contributed by atoms with Gasteiger partial charge in [-0.2, -0.15) is 5.26 Å². The van der Waals surface area contributed by atoms with Gasteiger partial charge in [-0.1, -0.05) is 0 Å². The molecule has 0 saturated carbocycles. The average molecular weight is 295 g/mol. The Kier molecular flexibility index (Phi) is 4.23. The third-order valence-electron chi connectivity index (χ3n) is 1.64. The fourth-order valence-electron chi connectivity index (χ4n) is 0.923. The highest BCUT2D eigenvalue weighted by Gasteiger charge is 2.13. The van der Waals surface area contributed by atoms with Crippen LogP contribution in [0.25, 0.3) is 0 Å². The molecule has 7 nitrogen and oxygen atoms in total. The van der Waals surface area contributed by atoms with Crippen molar-refractivity contribution >= 4 is 31.4 Å². The normalized spacial score (nSPS) is 12.2. The van der Waals surface area contributed by atoms with Crippen molar-refractivity contribution in [1.29, 1.82) is 5.26 Å². The molecule has 1 aromatic rings. The SMILES string of the molecule is N#CCS(=O)(=O)NCc1ccc(S(N)(=O)=O)s1. The van der Waals surface area contributed by atoms with Crippen molar-refractivity contribution in [3.63, 3.8) is 0 Å². The van der Waals surface area contributed by atoms with Crippen molar-refractivity contribution in [1.82, 2.24) is 4.72 Å². The Balaban J connectivity index is 2.73. The van der Waals surface area contributed by atoms with Gasteiger partial charge in [0.15, 0.2) is 5.75 Å². The molecule has 94 valence electrons. The lowest BCUT2D eigenvalue weighted by Gasteiger charge is -2.00. The minimum absolute atomic E-state index is 0.0352. The number of hydrogen-bond donors (Lipinski definition) is 2. The molecule has 1 heterocycles. The second-order valence-corrected chi connectivity index (χ2v) is 7.77. The fraction of sp³-hybridized carbons (Fsp3) is 0.286. The summed E-state index contributed by atoms with van der Waals surface area (Å²) in [5.41, 5.74) is 0. The molecule has 0 bridgehead atoms. The Labute approximate surface area is 103 Å². The molecule has 3 N–H and O–H groups in total. The molecule has 0 amide bonds. The van der Waals surface area contributed by atoms with Gasteiger partial charge in [0.1, 0.15) is 4.21 Å². The van der Waals surface area contributed by atoms with E-state index in [1.165, 1.54) is 18.2 Å². The van der Waals surface area contributed by atoms with E-state index in [0.717, 1.165) is 11.3 Å². The maximum Gasteiger partial charge on any atom is 0.247 e. The largest absolute Gasteiger partial charge is 0.247 e. The first-order valence-electron chi connectivity index (χ1n) is 4.20. The van der Waals surface area contributed by atoms with E-state index in [2.05, 4.69) is 4.72 Å². The number of rotatable bonds is 5. The molecule has 0 radical (unpaired) electrons. The van der Waals surface area contributed by atoms with E-state index in [-0.39, 0.29) is 10.8 Å². The topological polar surface area (TPSA) is 130 Å². The maximum absolute atomic E-state index is 11.1. The number of thiophene rings is 1. The van der Waals surface area contributed by atoms with Crippen molar-refractivity contribution in [2.45, 2.75) is 10.8 Å². The Bertz CT molecular complexity index is 638. The lowest BCUT2D eigenvalue weighted by Crippen LogP contribution is -2.24. The molecule has 0 aromatic carbocycles. The number of nitrogens with two attached hydrogens (primary N) is 1. The molecule has 10 heteroatoms. The van der Waals surface area contributed by atoms with Crippen LogP contribution in [0.2, 0.25) is 0 Å². The Morgan fingerprint density at radius 1 is 1.35 bits per heavy atom. The standard InChI is InChI=1S/C7H9N3O4S3/c8-3-4-16(11,12)10-5-6-1-2-7(15-6)17(9,13)14/h1-2,10H,4-5H2,(H2,9,13,14). The molecule has 17 heavy (non-hydrogen) atoms. The van der Waals surface area contributed by atoms with E-state index in [0.29, 0.717) is 4.88 Å². The van der Waals surface area contributed by atoms with Crippen LogP contribution in [0.15, 0.2) is 16.3 Å². The Hall–Kier alpha value is -0.990. The summed E-state index contributed by atoms with van der Waals surface area (Å²) in [6.07, 6.45) is 0. The van der Waals surface area contributed by atoms with Crippen LogP contribution in [0.3, 0.4) is 0 Å². The summed E-state index contributed by atoms with van der Waals surface area (Å²) < 4.78 is 46.3. The summed E-state index contributed by atoms with van der Waals surface area (Å²) in [6.45, 7) is -0.0653. The van der Waals surface area contributed by atoms with Gasteiger partial charge >= 0.3 is 0 Å². The van der Waals surface area contributed by atoms with Crippen LogP contribution < -0.4 is 9.86 Å². The summed E-state index contributed by atoms with van der Waals surface area (Å²) in [4.78, 5) is 0.496. The summed E-state index contributed by atoms with van der Waals surface area (Å²) in [5, 5.41) is 13.1. The van der Waals surface area contributed by atoms with Crippen LogP contribution in [0, 0.1) is 11.3 Å². The average Bonchev–Trinajstić information content (AvgIpc) is 2.62. The molecule has 1 rings (SSSR count). The fourth-order valence-corrected chi connectivity index (χ4v) is 3.38. The van der Waals surface area contributed by atoms with E-state index in [9.17, 15) is 16.8 Å². The van der Waals surface area contributed by atoms with Gasteiger partial charge < -0.3 is 0 Å². The quantitative estimate of drug-likeness (QED) is 0.744. The summed E-state index contributed by atoms with van der Waals surface area (Å²) in [5.74, 6) is -0.638. The highest BCUT2D eigenvalue weighted by Crippen LogP contribution is 2.20. The highest BCUT2D eigenvalue weighted by atomic mass is 32.2. The lowest BCUT2D eigenvalue weighted by molar-refractivity contribution is 0.585. The third kappa shape index (κ3) is 4.41. The minimum atomic E-state index is -3.76. The molecular formula is C7H9N3O4S3. The predicted molar refractivity (Wildman–Crippen MR) is 61.9 cm³/mol. The zero-order valence-corrected chi connectivity index (χ0v) is 10.9. The molecule has 0 unspecified atom stereocenters. The van der Waals surface area contributed by atoms with E-state index in [1.807, 2.05) is 0 Å². The van der Waals surface area contributed by atoms with Crippen LogP contribution >= 0.6 is 11.3 Å². The van der Waals surface area contributed by atoms with Crippen molar-refractivity contribution in [3.8, 4) is 6.07 Å². The van der Waals surface area contributed by atoms with Crippen LogP contribution in [-0.4, -0.2) is 22.6 Å². The summed E-state index contributed by atoms with van der Waals surface area (Å²) in [7, 11) is -7.40. The van der Waals surface area contributed by atoms with Crippen molar-refractivity contribution in [2.75, 3.05) is 5.75 Å². The van der Waals surface area contributed by atoms with Gasteiger partial charge in [0.05, 0.1) is 6.07 Å². The van der Waals surface area contributed by atoms with Gasteiger partial charge in [0, 0.05) is 11.4 Å². The van der Waals surface area contributed by atoms with Crippen LogP contribution in [0.4, 0.5) is 0 Å². The van der Waals surface area contributed by atoms with Crippen molar-refractivity contribution in [2.24, 2.45) is 5.14 Å². The van der Waals surface area contributed by atoms with Gasteiger partial charge in [0.25, 0.3) is 0 Å². The van der Waals surface area contributed by atoms with E-state index in [4.69, 9.17) is 10.4 Å². The molecule has 1 aromatic heterocycles. The highest BCUT2D eigenvalue weighted by molar-refractivity contribution is 7.91. The van der Waals surface area contributed by atoms with Crippen LogP contribution in [-0.2, 0) is 26.6 Å². The number of nitrogens with one attached hydrogen (secondary N) is 1. The van der Waals surface area contributed by atoms with Gasteiger partial charge in [-0.05, 0) is 12.1 Å². The lowest BCUT2D eigenvalue weighted by atomic mass is 10.5. The van der Waals surface area contributed by atoms with Crippen molar-refractivity contribution in [3.05, 3.63) is 17.0 Å². The molecule has 0 aliphatic carbocycles. The molecular weight excluding hydrogens is 286 g/mol. The second kappa shape index (κ2) is 5.11. The van der Waals surface area contributed by atoms with Gasteiger partial charge in [0.2, 0.25) is 20.0 Å². The number of primary sulfonamides is 1. The zero-order valence-electron chi connectivity index (χ0n) is 8.45. The molecule has 0 aliphatic heterocycles. The Morgan fingerprint density at radius 2 is 2.00 bits per heavy atom. The second-order valence-electron chi connectivity index (χ2n) is 3.00. The van der Waals surface area contributed by atoms with Gasteiger partial charge in [-0.3, -0.25) is 0 Å². The predicted octanol–water partition coefficient (Wildman–Crippen LogP) is -0.662. The van der Waals surface area contributed by atoms with Gasteiger partial charge in [-0.15, -0.1) is 11.3 Å². The van der Waals surface area contributed by atoms with E-state index in [1.54, 1.807) is 0 Å². The van der Waals surface area contributed by atoms with E-state index < -0.39 is 25.8 Å². The first kappa shape index (κ1) is 14.1. The molecule has 0 atom stereocenters. The van der Waals surface area contributed by atoms with Gasteiger partial charge in [-0.25, -0.2) is 26.7 Å². The number of hydrogen-bond acceptors (Lipinski definition) is 6. The van der Waals surface area contributed by atoms with Crippen LogP contribution in [0.5, 0.6) is 0 Å². The van der Waals surface area contributed by atoms with E-state index >= 15 is 0 Å².